The number of ether oxygens (including phenoxy) is 1. The molecule has 3 N–H and O–H groups in total. The predicted octanol–water partition coefficient (Wildman–Crippen LogP) is 2.38. The molecule has 162 valence electrons. The van der Waals surface area contributed by atoms with Gasteiger partial charge in [-0.1, -0.05) is 24.3 Å². The normalized spacial score (nSPS) is 14.2. The molecule has 3 aromatic rings. The van der Waals surface area contributed by atoms with Crippen LogP contribution < -0.4 is 11.1 Å². The number of nitriles is 1. The minimum absolute atomic E-state index is 0.101. The van der Waals surface area contributed by atoms with Crippen LogP contribution in [0, 0.1) is 11.3 Å². The number of amides is 2. The molecule has 2 aromatic heterocycles. The van der Waals surface area contributed by atoms with Crippen LogP contribution in [0.1, 0.15) is 22.3 Å². The van der Waals surface area contributed by atoms with Gasteiger partial charge in [-0.15, -0.1) is 0 Å². The minimum atomic E-state index is -0.775. The fraction of sp³-hybridized carbons (Fsp3) is 0.227. The first kappa shape index (κ1) is 20.9. The molecule has 0 unspecified atom stereocenters. The van der Waals surface area contributed by atoms with Gasteiger partial charge in [-0.05, 0) is 18.2 Å². The van der Waals surface area contributed by atoms with Crippen LogP contribution in [-0.2, 0) is 16.9 Å². The Morgan fingerprint density at radius 3 is 2.66 bits per heavy atom. The van der Waals surface area contributed by atoms with Crippen LogP contribution in [0.15, 0.2) is 61.1 Å². The summed E-state index contributed by atoms with van der Waals surface area (Å²) in [4.78, 5) is 29.9. The number of nitrogens with zero attached hydrogens (tertiary/aromatic N) is 5. The molecule has 0 saturated carbocycles. The third-order valence-electron chi connectivity index (χ3n) is 5.22. The van der Waals surface area contributed by atoms with Crippen LogP contribution >= 0.6 is 0 Å². The molecule has 4 rings (SSSR count). The van der Waals surface area contributed by atoms with Crippen LogP contribution in [0.4, 0.5) is 16.3 Å². The van der Waals surface area contributed by atoms with E-state index < -0.39 is 17.5 Å². The summed E-state index contributed by atoms with van der Waals surface area (Å²) in [5, 5.41) is 17.0. The fourth-order valence-electron chi connectivity index (χ4n) is 3.55. The Bertz CT molecular complexity index is 1150. The van der Waals surface area contributed by atoms with Crippen molar-refractivity contribution < 1.29 is 14.3 Å². The van der Waals surface area contributed by atoms with Gasteiger partial charge in [-0.25, -0.2) is 4.79 Å². The summed E-state index contributed by atoms with van der Waals surface area (Å²) in [5.41, 5.74) is 6.48. The van der Waals surface area contributed by atoms with Gasteiger partial charge >= 0.3 is 6.09 Å². The van der Waals surface area contributed by atoms with Crippen LogP contribution in [0.5, 0.6) is 0 Å². The van der Waals surface area contributed by atoms with Gasteiger partial charge < -0.3 is 20.7 Å². The van der Waals surface area contributed by atoms with Crippen molar-refractivity contribution in [2.75, 3.05) is 18.4 Å². The number of anilines is 2. The van der Waals surface area contributed by atoms with Crippen molar-refractivity contribution in [2.24, 2.45) is 5.73 Å². The average Bonchev–Trinajstić information content (AvgIpc) is 3.20. The SMILES string of the molecule is N#CCC1(n2cc(C(N)=O)c(Nc3ccccc3)n2)CN(C(=O)OCc2cccnc2)C1. The summed E-state index contributed by atoms with van der Waals surface area (Å²) in [7, 11) is 0. The number of carbonyl (C=O) groups is 2. The van der Waals surface area contributed by atoms with Gasteiger partial charge in [0, 0.05) is 29.8 Å². The van der Waals surface area contributed by atoms with Gasteiger partial charge in [0.05, 0.1) is 25.6 Å². The zero-order valence-corrected chi connectivity index (χ0v) is 17.1. The number of primary amides is 1. The van der Waals surface area contributed by atoms with Crippen LogP contribution in [-0.4, -0.2) is 44.8 Å². The van der Waals surface area contributed by atoms with Gasteiger partial charge in [-0.3, -0.25) is 14.5 Å². The molecule has 0 spiro atoms. The molecule has 10 nitrogen and oxygen atoms in total. The predicted molar refractivity (Wildman–Crippen MR) is 115 cm³/mol. The second kappa shape index (κ2) is 8.77. The largest absolute Gasteiger partial charge is 0.444 e. The van der Waals surface area contributed by atoms with E-state index in [1.165, 1.54) is 11.1 Å². The van der Waals surface area contributed by atoms with Gasteiger partial charge in [-0.2, -0.15) is 10.4 Å². The number of para-hydroxylation sites is 1. The van der Waals surface area contributed by atoms with E-state index >= 15 is 0 Å². The van der Waals surface area contributed by atoms with Gasteiger partial charge in [0.1, 0.15) is 17.7 Å². The Labute approximate surface area is 184 Å². The van der Waals surface area contributed by atoms with Crippen LogP contribution in [0.2, 0.25) is 0 Å². The Morgan fingerprint density at radius 2 is 2.00 bits per heavy atom. The standard InChI is InChI=1S/C22H21N7O3/c23-9-8-22(14-28(15-22)21(31)32-13-16-5-4-10-25-11-16)29-12-18(19(24)30)20(27-29)26-17-6-2-1-3-7-17/h1-7,10-12H,8,13-15H2,(H2,24,30)(H,26,27). The molecule has 3 heterocycles. The number of likely N-dealkylation sites (tertiary alicyclic amines) is 1. The van der Waals surface area contributed by atoms with Crippen molar-refractivity contribution in [1.82, 2.24) is 19.7 Å². The van der Waals surface area contributed by atoms with E-state index in [0.717, 1.165) is 11.3 Å². The van der Waals surface area contributed by atoms with E-state index in [4.69, 9.17) is 10.5 Å². The maximum absolute atomic E-state index is 12.4. The number of rotatable bonds is 7. The van der Waals surface area contributed by atoms with E-state index in [1.807, 2.05) is 36.4 Å². The topological polar surface area (TPSA) is 139 Å². The lowest BCUT2D eigenvalue weighted by atomic mass is 9.87. The molecule has 1 aliphatic rings. The summed E-state index contributed by atoms with van der Waals surface area (Å²) in [6.45, 7) is 0.543. The molecule has 2 amide bonds. The summed E-state index contributed by atoms with van der Waals surface area (Å²) in [5.74, 6) is -0.354. The fourth-order valence-corrected chi connectivity index (χ4v) is 3.55. The number of hydrogen-bond acceptors (Lipinski definition) is 7. The highest BCUT2D eigenvalue weighted by Crippen LogP contribution is 2.34. The molecule has 1 fully saturated rings. The van der Waals surface area contributed by atoms with Gasteiger partial charge in [0.2, 0.25) is 0 Å². The summed E-state index contributed by atoms with van der Waals surface area (Å²) in [6, 6.07) is 15.0. The molecular weight excluding hydrogens is 410 g/mol. The Hall–Kier alpha value is -4.39. The summed E-state index contributed by atoms with van der Waals surface area (Å²) in [6.07, 6.45) is 4.39. The Kier molecular flexibility index (Phi) is 5.72. The number of hydrogen-bond donors (Lipinski definition) is 2. The van der Waals surface area contributed by atoms with Crippen molar-refractivity contribution in [2.45, 2.75) is 18.6 Å². The third-order valence-corrected chi connectivity index (χ3v) is 5.22. The van der Waals surface area contributed by atoms with E-state index in [-0.39, 0.29) is 31.7 Å². The quantitative estimate of drug-likeness (QED) is 0.585. The van der Waals surface area contributed by atoms with E-state index in [1.54, 1.807) is 23.1 Å². The second-order valence-electron chi connectivity index (χ2n) is 7.52. The first-order chi connectivity index (χ1) is 15.5. The van der Waals surface area contributed by atoms with Crippen molar-refractivity contribution in [3.63, 3.8) is 0 Å². The van der Waals surface area contributed by atoms with Gasteiger partial charge in [0.25, 0.3) is 5.91 Å². The maximum atomic E-state index is 12.4. The van der Waals surface area contributed by atoms with Crippen LogP contribution in [0.3, 0.4) is 0 Å². The molecule has 0 aliphatic carbocycles. The lowest BCUT2D eigenvalue weighted by molar-refractivity contribution is -0.00248. The Morgan fingerprint density at radius 1 is 1.22 bits per heavy atom. The average molecular weight is 431 g/mol. The monoisotopic (exact) mass is 431 g/mol. The molecule has 10 heteroatoms. The van der Waals surface area contributed by atoms with Crippen molar-refractivity contribution in [1.29, 1.82) is 5.26 Å². The number of nitrogens with two attached hydrogens (primary N) is 1. The highest BCUT2D eigenvalue weighted by atomic mass is 16.6. The van der Waals surface area contributed by atoms with Crippen molar-refractivity contribution in [3.8, 4) is 6.07 Å². The van der Waals surface area contributed by atoms with Gasteiger partial charge in [0.15, 0.2) is 5.82 Å². The smallest absolute Gasteiger partial charge is 0.410 e. The number of aromatic nitrogens is 3. The van der Waals surface area contributed by atoms with Crippen molar-refractivity contribution >= 4 is 23.5 Å². The molecule has 32 heavy (non-hydrogen) atoms. The molecule has 0 atom stereocenters. The maximum Gasteiger partial charge on any atom is 0.410 e. The van der Waals surface area contributed by atoms with E-state index in [0.29, 0.717) is 5.82 Å². The highest BCUT2D eigenvalue weighted by molar-refractivity contribution is 5.98. The van der Waals surface area contributed by atoms with Crippen molar-refractivity contribution in [3.05, 3.63) is 72.2 Å². The number of pyridine rings is 1. The summed E-state index contributed by atoms with van der Waals surface area (Å²) < 4.78 is 6.88. The molecule has 1 saturated heterocycles. The van der Waals surface area contributed by atoms with E-state index in [9.17, 15) is 14.9 Å². The molecule has 0 radical (unpaired) electrons. The number of carbonyl (C=O) groups excluding carboxylic acids is 2. The summed E-state index contributed by atoms with van der Waals surface area (Å²) >= 11 is 0. The Balaban J connectivity index is 1.49. The second-order valence-corrected chi connectivity index (χ2v) is 7.52. The molecule has 1 aromatic carbocycles. The van der Waals surface area contributed by atoms with E-state index in [2.05, 4.69) is 21.5 Å². The zero-order valence-electron chi connectivity index (χ0n) is 17.1. The third kappa shape index (κ3) is 4.22. The lowest BCUT2D eigenvalue weighted by Gasteiger charge is -2.48. The molecular formula is C22H21N7O3. The lowest BCUT2D eigenvalue weighted by Crippen LogP contribution is -2.64. The molecule has 0 bridgehead atoms. The van der Waals surface area contributed by atoms with Crippen LogP contribution in [0.25, 0.3) is 0 Å². The minimum Gasteiger partial charge on any atom is -0.444 e. The highest BCUT2D eigenvalue weighted by Gasteiger charge is 2.48. The first-order valence-electron chi connectivity index (χ1n) is 9.90. The number of nitrogens with one attached hydrogen (secondary N) is 1. The number of benzene rings is 1. The zero-order chi connectivity index (χ0) is 22.6. The first-order valence-corrected chi connectivity index (χ1v) is 9.90. The molecule has 1 aliphatic heterocycles.